The minimum atomic E-state index is -0.489. The molecule has 0 spiro atoms. The predicted molar refractivity (Wildman–Crippen MR) is 123 cm³/mol. The largest absolute Gasteiger partial charge is 0.493 e. The van der Waals surface area contributed by atoms with Crippen LogP contribution in [0.3, 0.4) is 0 Å². The summed E-state index contributed by atoms with van der Waals surface area (Å²) in [6, 6.07) is 17.1. The number of rotatable bonds is 10. The Morgan fingerprint density at radius 2 is 1.76 bits per heavy atom. The molecule has 0 radical (unpaired) electrons. The zero-order chi connectivity index (χ0) is 23.6. The number of furan rings is 1. The molecule has 0 aliphatic carbocycles. The van der Waals surface area contributed by atoms with Crippen molar-refractivity contribution in [2.24, 2.45) is 0 Å². The molecule has 2 aromatic carbocycles. The average Bonchev–Trinajstić information content (AvgIpc) is 3.35. The van der Waals surface area contributed by atoms with E-state index in [9.17, 15) is 9.59 Å². The zero-order valence-corrected chi connectivity index (χ0v) is 18.7. The fourth-order valence-electron chi connectivity index (χ4n) is 2.93. The molecule has 0 aliphatic heterocycles. The van der Waals surface area contributed by atoms with Gasteiger partial charge in [-0.15, -0.1) is 0 Å². The van der Waals surface area contributed by atoms with Crippen LogP contribution in [0.5, 0.6) is 17.2 Å². The first kappa shape index (κ1) is 23.5. The van der Waals surface area contributed by atoms with Gasteiger partial charge in [-0.05, 0) is 49.4 Å². The third kappa shape index (κ3) is 6.64. The zero-order valence-electron chi connectivity index (χ0n) is 18.7. The van der Waals surface area contributed by atoms with Gasteiger partial charge in [0.2, 0.25) is 0 Å². The van der Waals surface area contributed by atoms with Crippen molar-refractivity contribution in [3.8, 4) is 17.2 Å². The molecule has 0 aliphatic rings. The van der Waals surface area contributed by atoms with Crippen molar-refractivity contribution in [3.63, 3.8) is 0 Å². The average molecular weight is 450 g/mol. The highest BCUT2D eigenvalue weighted by molar-refractivity contribution is 6.05. The summed E-state index contributed by atoms with van der Waals surface area (Å²) in [5.41, 5.74) is 0.322. The molecule has 1 atom stereocenters. The van der Waals surface area contributed by atoms with Crippen LogP contribution in [0.25, 0.3) is 6.08 Å². The minimum Gasteiger partial charge on any atom is -0.493 e. The Bertz CT molecular complexity index is 1090. The van der Waals surface area contributed by atoms with Gasteiger partial charge in [0, 0.05) is 11.6 Å². The Morgan fingerprint density at radius 3 is 2.42 bits per heavy atom. The van der Waals surface area contributed by atoms with E-state index in [4.69, 9.17) is 18.6 Å². The van der Waals surface area contributed by atoms with Crippen LogP contribution in [0.4, 0.5) is 0 Å². The van der Waals surface area contributed by atoms with Crippen molar-refractivity contribution in [2.75, 3.05) is 20.8 Å². The van der Waals surface area contributed by atoms with E-state index in [1.165, 1.54) is 32.6 Å². The Hall–Kier alpha value is -4.20. The topological polar surface area (TPSA) is 99.0 Å². The van der Waals surface area contributed by atoms with E-state index >= 15 is 0 Å². The van der Waals surface area contributed by atoms with Crippen LogP contribution in [0.2, 0.25) is 0 Å². The lowest BCUT2D eigenvalue weighted by atomic mass is 10.1. The van der Waals surface area contributed by atoms with Crippen molar-refractivity contribution in [1.29, 1.82) is 0 Å². The van der Waals surface area contributed by atoms with Crippen LogP contribution in [-0.2, 0) is 4.79 Å². The molecule has 3 rings (SSSR count). The number of hydrogen-bond donors (Lipinski definition) is 2. The second-order valence-corrected chi connectivity index (χ2v) is 7.10. The quantitative estimate of drug-likeness (QED) is 0.458. The fourth-order valence-corrected chi connectivity index (χ4v) is 2.93. The normalized spacial score (nSPS) is 11.9. The van der Waals surface area contributed by atoms with Crippen molar-refractivity contribution in [3.05, 3.63) is 83.9 Å². The van der Waals surface area contributed by atoms with E-state index in [0.29, 0.717) is 28.6 Å². The molecule has 1 heterocycles. The number of ether oxygens (including phenoxy) is 3. The van der Waals surface area contributed by atoms with Crippen molar-refractivity contribution < 1.29 is 28.2 Å². The smallest absolute Gasteiger partial charge is 0.268 e. The highest BCUT2D eigenvalue weighted by Gasteiger charge is 2.18. The Labute approximate surface area is 192 Å². The van der Waals surface area contributed by atoms with Crippen LogP contribution in [-0.4, -0.2) is 38.7 Å². The van der Waals surface area contributed by atoms with Crippen molar-refractivity contribution >= 4 is 17.9 Å². The number of methoxy groups -OCH3 is 2. The lowest BCUT2D eigenvalue weighted by molar-refractivity contribution is -0.118. The molecular formula is C25H26N2O6. The summed E-state index contributed by atoms with van der Waals surface area (Å²) in [6.07, 6.45) is 2.94. The molecule has 2 N–H and O–H groups in total. The maximum absolute atomic E-state index is 12.9. The molecule has 0 saturated heterocycles. The van der Waals surface area contributed by atoms with E-state index in [1.54, 1.807) is 24.3 Å². The van der Waals surface area contributed by atoms with Gasteiger partial charge in [-0.1, -0.05) is 18.2 Å². The van der Waals surface area contributed by atoms with Gasteiger partial charge in [0.05, 0.1) is 26.5 Å². The molecule has 0 saturated carbocycles. The standard InChI is InChI=1S/C25H26N2O6/c1-17(16-33-19-8-5-4-6-9-19)26-25(29)21(15-20-10-7-13-32-20)27-24(28)18-11-12-22(30-2)23(14-18)31-3/h4-15,17H,16H2,1-3H3,(H,26,29)(H,27,28)/b21-15-. The first-order chi connectivity index (χ1) is 16.0. The highest BCUT2D eigenvalue weighted by Crippen LogP contribution is 2.27. The number of hydrogen-bond acceptors (Lipinski definition) is 6. The van der Waals surface area contributed by atoms with E-state index in [2.05, 4.69) is 10.6 Å². The van der Waals surface area contributed by atoms with E-state index < -0.39 is 11.8 Å². The van der Waals surface area contributed by atoms with Gasteiger partial charge in [-0.25, -0.2) is 0 Å². The van der Waals surface area contributed by atoms with Gasteiger partial charge in [0.1, 0.15) is 23.8 Å². The SMILES string of the molecule is COc1ccc(C(=O)N/C(=C\c2ccco2)C(=O)NC(C)COc2ccccc2)cc1OC. The molecule has 0 bridgehead atoms. The summed E-state index contributed by atoms with van der Waals surface area (Å²) in [6.45, 7) is 2.06. The summed E-state index contributed by atoms with van der Waals surface area (Å²) in [4.78, 5) is 25.8. The summed E-state index contributed by atoms with van der Waals surface area (Å²) in [5, 5.41) is 5.48. The summed E-state index contributed by atoms with van der Waals surface area (Å²) >= 11 is 0. The number of carbonyl (C=O) groups excluding carboxylic acids is 2. The van der Waals surface area contributed by atoms with Gasteiger partial charge < -0.3 is 29.3 Å². The third-order valence-corrected chi connectivity index (χ3v) is 4.59. The first-order valence-electron chi connectivity index (χ1n) is 10.3. The highest BCUT2D eigenvalue weighted by atomic mass is 16.5. The van der Waals surface area contributed by atoms with Gasteiger partial charge in [0.15, 0.2) is 11.5 Å². The predicted octanol–water partition coefficient (Wildman–Crippen LogP) is 3.65. The Morgan fingerprint density at radius 1 is 1.00 bits per heavy atom. The van der Waals surface area contributed by atoms with Crippen LogP contribution >= 0.6 is 0 Å². The van der Waals surface area contributed by atoms with Crippen molar-refractivity contribution in [1.82, 2.24) is 10.6 Å². The molecule has 3 aromatic rings. The molecule has 8 heteroatoms. The maximum atomic E-state index is 12.9. The molecule has 172 valence electrons. The van der Waals surface area contributed by atoms with Gasteiger partial charge in [0.25, 0.3) is 11.8 Å². The molecule has 33 heavy (non-hydrogen) atoms. The monoisotopic (exact) mass is 450 g/mol. The molecule has 1 unspecified atom stereocenters. The number of benzene rings is 2. The van der Waals surface area contributed by atoms with E-state index in [1.807, 2.05) is 37.3 Å². The molecule has 1 aromatic heterocycles. The summed E-state index contributed by atoms with van der Waals surface area (Å²) in [7, 11) is 2.99. The van der Waals surface area contributed by atoms with E-state index in [-0.39, 0.29) is 18.3 Å². The Kier molecular flexibility index (Phi) is 8.13. The number of amides is 2. The first-order valence-corrected chi connectivity index (χ1v) is 10.3. The molecule has 0 fully saturated rings. The number of nitrogens with one attached hydrogen (secondary N) is 2. The minimum absolute atomic E-state index is 0.0243. The van der Waals surface area contributed by atoms with Crippen LogP contribution in [0, 0.1) is 0 Å². The van der Waals surface area contributed by atoms with Gasteiger partial charge in [-0.2, -0.15) is 0 Å². The van der Waals surface area contributed by atoms with Crippen LogP contribution in [0.1, 0.15) is 23.0 Å². The number of para-hydroxylation sites is 1. The Balaban J connectivity index is 1.72. The molecule has 8 nitrogen and oxygen atoms in total. The summed E-state index contributed by atoms with van der Waals surface area (Å²) < 4.78 is 21.5. The lowest BCUT2D eigenvalue weighted by Crippen LogP contribution is -2.41. The van der Waals surface area contributed by atoms with Crippen molar-refractivity contribution in [2.45, 2.75) is 13.0 Å². The second kappa shape index (κ2) is 11.4. The molecular weight excluding hydrogens is 424 g/mol. The van der Waals surface area contributed by atoms with Gasteiger partial charge in [-0.3, -0.25) is 9.59 Å². The fraction of sp³-hybridized carbons (Fsp3) is 0.200. The maximum Gasteiger partial charge on any atom is 0.268 e. The van der Waals surface area contributed by atoms with Gasteiger partial charge >= 0.3 is 0 Å². The molecule has 2 amide bonds. The summed E-state index contributed by atoms with van der Waals surface area (Å²) in [5.74, 6) is 1.04. The van der Waals surface area contributed by atoms with E-state index in [0.717, 1.165) is 0 Å². The van der Waals surface area contributed by atoms with Crippen LogP contribution in [0.15, 0.2) is 77.0 Å². The number of carbonyl (C=O) groups is 2. The lowest BCUT2D eigenvalue weighted by Gasteiger charge is -2.17. The third-order valence-electron chi connectivity index (χ3n) is 4.59. The van der Waals surface area contributed by atoms with Crippen LogP contribution < -0.4 is 24.8 Å². The second-order valence-electron chi connectivity index (χ2n) is 7.10.